The highest BCUT2D eigenvalue weighted by Gasteiger charge is 2.21. The van der Waals surface area contributed by atoms with Gasteiger partial charge in [0.05, 0.1) is 5.52 Å². The standard InChI is InChI=1S/C20H23N5O2/c1-12(2)16-11-14(3-7-21-16)23-19-17-15(4-8-22-20(17)26)24-18(25-19)13-5-9-27-10-6-13/h3-4,7-8,11-13H,5-6,9-10H2,1-2H3,(H,22,26)(H,21,23,24,25). The lowest BCUT2D eigenvalue weighted by Gasteiger charge is -2.21. The Balaban J connectivity index is 1.80. The number of anilines is 2. The molecule has 0 spiro atoms. The minimum Gasteiger partial charge on any atom is -0.381 e. The Hall–Kier alpha value is -2.80. The lowest BCUT2D eigenvalue weighted by molar-refractivity contribution is 0.0837. The van der Waals surface area contributed by atoms with Gasteiger partial charge in [0.2, 0.25) is 0 Å². The third-order valence-corrected chi connectivity index (χ3v) is 4.86. The number of aromatic amines is 1. The van der Waals surface area contributed by atoms with E-state index < -0.39 is 0 Å². The van der Waals surface area contributed by atoms with Crippen LogP contribution in [0, 0.1) is 0 Å². The van der Waals surface area contributed by atoms with Gasteiger partial charge < -0.3 is 15.0 Å². The van der Waals surface area contributed by atoms with Gasteiger partial charge in [0.25, 0.3) is 5.56 Å². The molecule has 0 radical (unpaired) electrons. The number of aromatic nitrogens is 4. The number of pyridine rings is 2. The zero-order valence-corrected chi connectivity index (χ0v) is 15.5. The summed E-state index contributed by atoms with van der Waals surface area (Å²) in [6.45, 7) is 5.62. The van der Waals surface area contributed by atoms with E-state index in [2.05, 4.69) is 34.1 Å². The topological polar surface area (TPSA) is 92.8 Å². The van der Waals surface area contributed by atoms with Crippen LogP contribution in [-0.4, -0.2) is 33.1 Å². The van der Waals surface area contributed by atoms with Gasteiger partial charge in [0, 0.05) is 42.9 Å². The molecule has 0 amide bonds. The van der Waals surface area contributed by atoms with Crippen LogP contribution < -0.4 is 10.9 Å². The number of H-pyrrole nitrogens is 1. The van der Waals surface area contributed by atoms with Crippen LogP contribution in [0.15, 0.2) is 35.4 Å². The molecule has 0 aromatic carbocycles. The zero-order valence-electron chi connectivity index (χ0n) is 15.5. The number of hydrogen-bond acceptors (Lipinski definition) is 6. The van der Waals surface area contributed by atoms with Crippen molar-refractivity contribution in [2.24, 2.45) is 0 Å². The van der Waals surface area contributed by atoms with E-state index in [1.54, 1.807) is 12.4 Å². The lowest BCUT2D eigenvalue weighted by Crippen LogP contribution is -2.18. The minimum atomic E-state index is -0.202. The fourth-order valence-corrected chi connectivity index (χ4v) is 3.32. The van der Waals surface area contributed by atoms with Crippen molar-refractivity contribution < 1.29 is 4.74 Å². The van der Waals surface area contributed by atoms with E-state index in [-0.39, 0.29) is 11.5 Å². The molecule has 0 saturated carbocycles. The first kappa shape index (κ1) is 17.6. The van der Waals surface area contributed by atoms with Crippen LogP contribution in [-0.2, 0) is 4.74 Å². The van der Waals surface area contributed by atoms with E-state index in [0.717, 1.165) is 30.0 Å². The van der Waals surface area contributed by atoms with Gasteiger partial charge in [-0.15, -0.1) is 0 Å². The van der Waals surface area contributed by atoms with Crippen molar-refractivity contribution in [3.8, 4) is 0 Å². The molecule has 4 rings (SSSR count). The van der Waals surface area contributed by atoms with Crippen LogP contribution in [0.4, 0.5) is 11.5 Å². The van der Waals surface area contributed by atoms with Gasteiger partial charge in [-0.25, -0.2) is 9.97 Å². The summed E-state index contributed by atoms with van der Waals surface area (Å²) in [5, 5.41) is 3.79. The van der Waals surface area contributed by atoms with Crippen LogP contribution in [0.2, 0.25) is 0 Å². The SMILES string of the molecule is CC(C)c1cc(Nc2nc(C3CCOCC3)nc3cc[nH]c(=O)c23)ccn1. The number of nitrogens with one attached hydrogen (secondary N) is 2. The second-order valence-corrected chi connectivity index (χ2v) is 7.13. The van der Waals surface area contributed by atoms with E-state index in [9.17, 15) is 4.79 Å². The molecule has 1 fully saturated rings. The first-order valence-electron chi connectivity index (χ1n) is 9.32. The maximum absolute atomic E-state index is 12.4. The summed E-state index contributed by atoms with van der Waals surface area (Å²) in [5.74, 6) is 1.85. The average molecular weight is 365 g/mol. The maximum atomic E-state index is 12.4. The number of hydrogen-bond donors (Lipinski definition) is 2. The van der Waals surface area contributed by atoms with Crippen LogP contribution in [0.3, 0.4) is 0 Å². The minimum absolute atomic E-state index is 0.202. The van der Waals surface area contributed by atoms with Crippen LogP contribution >= 0.6 is 0 Å². The largest absolute Gasteiger partial charge is 0.381 e. The van der Waals surface area contributed by atoms with Crippen molar-refractivity contribution in [2.75, 3.05) is 18.5 Å². The highest BCUT2D eigenvalue weighted by atomic mass is 16.5. The van der Waals surface area contributed by atoms with Gasteiger partial charge >= 0.3 is 0 Å². The van der Waals surface area contributed by atoms with E-state index in [1.165, 1.54) is 0 Å². The first-order valence-corrected chi connectivity index (χ1v) is 9.32. The van der Waals surface area contributed by atoms with Crippen molar-refractivity contribution in [2.45, 2.75) is 38.5 Å². The van der Waals surface area contributed by atoms with Crippen molar-refractivity contribution in [1.82, 2.24) is 19.9 Å². The van der Waals surface area contributed by atoms with E-state index in [1.807, 2.05) is 18.2 Å². The average Bonchev–Trinajstić information content (AvgIpc) is 2.68. The number of rotatable bonds is 4. The number of ether oxygens (including phenoxy) is 1. The van der Waals surface area contributed by atoms with Crippen molar-refractivity contribution in [1.29, 1.82) is 0 Å². The van der Waals surface area contributed by atoms with Crippen molar-refractivity contribution in [3.05, 3.63) is 52.5 Å². The molecule has 0 atom stereocenters. The molecule has 1 saturated heterocycles. The molecule has 7 nitrogen and oxygen atoms in total. The molecule has 7 heteroatoms. The lowest BCUT2D eigenvalue weighted by atomic mass is 9.99. The molecule has 0 unspecified atom stereocenters. The molecule has 4 heterocycles. The summed E-state index contributed by atoms with van der Waals surface area (Å²) < 4.78 is 5.46. The number of fused-ring (bicyclic) bond motifs is 1. The molecular weight excluding hydrogens is 342 g/mol. The Labute approximate surface area is 157 Å². The third-order valence-electron chi connectivity index (χ3n) is 4.86. The van der Waals surface area contributed by atoms with Gasteiger partial charge in [0.15, 0.2) is 0 Å². The van der Waals surface area contributed by atoms with Crippen molar-refractivity contribution >= 4 is 22.4 Å². The maximum Gasteiger partial charge on any atom is 0.261 e. The Bertz CT molecular complexity index is 1010. The second-order valence-electron chi connectivity index (χ2n) is 7.13. The smallest absolute Gasteiger partial charge is 0.261 e. The Morgan fingerprint density at radius 1 is 1.22 bits per heavy atom. The molecule has 2 N–H and O–H groups in total. The third kappa shape index (κ3) is 3.68. The highest BCUT2D eigenvalue weighted by Crippen LogP contribution is 2.29. The summed E-state index contributed by atoms with van der Waals surface area (Å²) in [5.41, 5.74) is 2.29. The molecule has 3 aromatic heterocycles. The summed E-state index contributed by atoms with van der Waals surface area (Å²) in [6.07, 6.45) is 5.17. The Kier molecular flexibility index (Phi) is 4.85. The van der Waals surface area contributed by atoms with Crippen molar-refractivity contribution in [3.63, 3.8) is 0 Å². The Morgan fingerprint density at radius 3 is 2.81 bits per heavy atom. The molecule has 0 bridgehead atoms. The van der Waals surface area contributed by atoms with Gasteiger partial charge in [-0.05, 0) is 37.0 Å². The predicted octanol–water partition coefficient (Wildman–Crippen LogP) is 3.47. The summed E-state index contributed by atoms with van der Waals surface area (Å²) >= 11 is 0. The quantitative estimate of drug-likeness (QED) is 0.735. The highest BCUT2D eigenvalue weighted by molar-refractivity contribution is 5.89. The molecular formula is C20H23N5O2. The first-order chi connectivity index (χ1) is 13.1. The monoisotopic (exact) mass is 365 g/mol. The summed E-state index contributed by atoms with van der Waals surface area (Å²) in [6, 6.07) is 5.69. The van der Waals surface area contributed by atoms with Gasteiger partial charge in [-0.2, -0.15) is 0 Å². The molecule has 140 valence electrons. The molecule has 1 aliphatic heterocycles. The fourth-order valence-electron chi connectivity index (χ4n) is 3.32. The van der Waals surface area contributed by atoms with Gasteiger partial charge in [-0.3, -0.25) is 9.78 Å². The fraction of sp³-hybridized carbons (Fsp3) is 0.400. The van der Waals surface area contributed by atoms with E-state index >= 15 is 0 Å². The normalized spacial score (nSPS) is 15.4. The van der Waals surface area contributed by atoms with E-state index in [0.29, 0.717) is 35.9 Å². The van der Waals surface area contributed by atoms with Crippen LogP contribution in [0.5, 0.6) is 0 Å². The van der Waals surface area contributed by atoms with Crippen LogP contribution in [0.1, 0.15) is 50.0 Å². The Morgan fingerprint density at radius 2 is 2.04 bits per heavy atom. The molecule has 1 aliphatic rings. The zero-order chi connectivity index (χ0) is 18.8. The summed E-state index contributed by atoms with van der Waals surface area (Å²) in [4.78, 5) is 29.0. The second kappa shape index (κ2) is 7.44. The predicted molar refractivity (Wildman–Crippen MR) is 105 cm³/mol. The van der Waals surface area contributed by atoms with E-state index in [4.69, 9.17) is 9.72 Å². The molecule has 27 heavy (non-hydrogen) atoms. The van der Waals surface area contributed by atoms with Gasteiger partial charge in [-0.1, -0.05) is 13.8 Å². The summed E-state index contributed by atoms with van der Waals surface area (Å²) in [7, 11) is 0. The molecule has 0 aliphatic carbocycles. The molecule has 3 aromatic rings. The van der Waals surface area contributed by atoms with Crippen LogP contribution in [0.25, 0.3) is 10.9 Å². The number of nitrogens with zero attached hydrogens (tertiary/aromatic N) is 3. The van der Waals surface area contributed by atoms with Gasteiger partial charge in [0.1, 0.15) is 17.0 Å².